The molecule has 0 bridgehead atoms. The van der Waals surface area contributed by atoms with Gasteiger partial charge in [0.2, 0.25) is 0 Å². The van der Waals surface area contributed by atoms with Crippen LogP contribution in [0.5, 0.6) is 0 Å². The van der Waals surface area contributed by atoms with Gasteiger partial charge < -0.3 is 20.7 Å². The molecule has 1 fully saturated rings. The van der Waals surface area contributed by atoms with E-state index in [2.05, 4.69) is 0 Å². The second-order valence-corrected chi connectivity index (χ2v) is 4.12. The molecule has 72 valence electrons. The second-order valence-electron chi connectivity index (χ2n) is 2.75. The zero-order chi connectivity index (χ0) is 9.14. The molecule has 4 N–H and O–H groups in total. The van der Waals surface area contributed by atoms with Crippen LogP contribution in [0.1, 0.15) is 6.92 Å². The highest BCUT2D eigenvalue weighted by molar-refractivity contribution is 7.99. The number of rotatable bonds is 3. The minimum absolute atomic E-state index is 0.171. The molecule has 0 amide bonds. The van der Waals surface area contributed by atoms with Crippen LogP contribution in [0.15, 0.2) is 0 Å². The summed E-state index contributed by atoms with van der Waals surface area (Å²) in [6, 6.07) is -0.382. The molecule has 1 heterocycles. The molecule has 0 spiro atoms. The number of aliphatic hydroxyl groups is 2. The monoisotopic (exact) mass is 193 g/mol. The predicted octanol–water partition coefficient (Wildman–Crippen LogP) is -0.855. The van der Waals surface area contributed by atoms with Crippen molar-refractivity contribution in [1.82, 2.24) is 0 Å². The van der Waals surface area contributed by atoms with Gasteiger partial charge in [-0.2, -0.15) is 0 Å². The quantitative estimate of drug-likeness (QED) is 0.544. The highest BCUT2D eigenvalue weighted by Crippen LogP contribution is 2.27. The molecule has 1 aliphatic rings. The van der Waals surface area contributed by atoms with E-state index in [-0.39, 0.29) is 18.1 Å². The first-order chi connectivity index (χ1) is 5.70. The minimum Gasteiger partial charge on any atom is -0.394 e. The van der Waals surface area contributed by atoms with E-state index in [1.807, 2.05) is 6.92 Å². The number of nitrogens with two attached hydrogens (primary N) is 1. The molecule has 4 atom stereocenters. The zero-order valence-electron chi connectivity index (χ0n) is 7.01. The van der Waals surface area contributed by atoms with Crippen LogP contribution >= 0.6 is 11.8 Å². The molecule has 0 radical (unpaired) electrons. The first kappa shape index (κ1) is 10.3. The highest BCUT2D eigenvalue weighted by Gasteiger charge is 2.40. The Bertz CT molecular complexity index is 147. The van der Waals surface area contributed by atoms with E-state index >= 15 is 0 Å². The standard InChI is InChI=1S/C7H15NO3S/c1-2-12-7-5(8)6(10)4(3-9)11-7/h4-7,9-10H,2-3,8H2,1H3/t4-,5-,6+,7-/m1/s1. The van der Waals surface area contributed by atoms with Gasteiger partial charge in [0.15, 0.2) is 0 Å². The number of hydrogen-bond donors (Lipinski definition) is 3. The van der Waals surface area contributed by atoms with Crippen LogP contribution in [-0.4, -0.2) is 46.3 Å². The topological polar surface area (TPSA) is 75.7 Å². The van der Waals surface area contributed by atoms with E-state index in [0.29, 0.717) is 0 Å². The fourth-order valence-corrected chi connectivity index (χ4v) is 2.15. The Kier molecular flexibility index (Phi) is 3.79. The summed E-state index contributed by atoms with van der Waals surface area (Å²) < 4.78 is 5.31. The van der Waals surface area contributed by atoms with Crippen LogP contribution in [0.4, 0.5) is 0 Å². The molecule has 0 aromatic carbocycles. The van der Waals surface area contributed by atoms with E-state index < -0.39 is 12.2 Å². The maximum atomic E-state index is 9.43. The molecule has 1 rings (SSSR count). The summed E-state index contributed by atoms with van der Waals surface area (Å²) in [5.74, 6) is 0.892. The van der Waals surface area contributed by atoms with Gasteiger partial charge in [0.1, 0.15) is 17.6 Å². The SMILES string of the molecule is CCS[C@H]1O[C@H](CO)[C@H](O)[C@H]1N. The first-order valence-electron chi connectivity index (χ1n) is 4.02. The summed E-state index contributed by atoms with van der Waals surface area (Å²) in [5.41, 5.74) is 5.49. The molecular formula is C7H15NO3S. The van der Waals surface area contributed by atoms with Crippen molar-refractivity contribution in [3.63, 3.8) is 0 Å². The Morgan fingerprint density at radius 2 is 2.25 bits per heavy atom. The first-order valence-corrected chi connectivity index (χ1v) is 5.07. The summed E-state index contributed by atoms with van der Waals surface area (Å²) in [6.45, 7) is 1.83. The Hall–Kier alpha value is 0.190. The normalized spacial score (nSPS) is 42.0. The predicted molar refractivity (Wildman–Crippen MR) is 47.9 cm³/mol. The molecule has 0 aromatic rings. The van der Waals surface area contributed by atoms with E-state index in [1.165, 1.54) is 0 Å². The lowest BCUT2D eigenvalue weighted by molar-refractivity contribution is -0.00282. The van der Waals surface area contributed by atoms with Crippen molar-refractivity contribution in [1.29, 1.82) is 0 Å². The average Bonchev–Trinajstić information content (AvgIpc) is 2.33. The van der Waals surface area contributed by atoms with Gasteiger partial charge in [0.25, 0.3) is 0 Å². The molecule has 1 saturated heterocycles. The Morgan fingerprint density at radius 3 is 2.67 bits per heavy atom. The van der Waals surface area contributed by atoms with Crippen LogP contribution in [0.2, 0.25) is 0 Å². The van der Waals surface area contributed by atoms with Gasteiger partial charge in [-0.25, -0.2) is 0 Å². The molecule has 0 unspecified atom stereocenters. The van der Waals surface area contributed by atoms with Crippen LogP contribution in [0.3, 0.4) is 0 Å². The molecular weight excluding hydrogens is 178 g/mol. The van der Waals surface area contributed by atoms with Crippen LogP contribution in [0.25, 0.3) is 0 Å². The Morgan fingerprint density at radius 1 is 1.58 bits per heavy atom. The zero-order valence-corrected chi connectivity index (χ0v) is 7.83. The van der Waals surface area contributed by atoms with Crippen LogP contribution in [0, 0.1) is 0 Å². The largest absolute Gasteiger partial charge is 0.394 e. The van der Waals surface area contributed by atoms with Crippen molar-refractivity contribution < 1.29 is 14.9 Å². The summed E-state index contributed by atoms with van der Waals surface area (Å²) in [4.78, 5) is 0. The van der Waals surface area contributed by atoms with E-state index in [1.54, 1.807) is 11.8 Å². The molecule has 1 aliphatic heterocycles. The Labute approximate surface area is 76.1 Å². The van der Waals surface area contributed by atoms with Crippen LogP contribution in [-0.2, 0) is 4.74 Å². The third-order valence-corrected chi connectivity index (χ3v) is 3.00. The third-order valence-electron chi connectivity index (χ3n) is 1.91. The smallest absolute Gasteiger partial charge is 0.121 e. The second kappa shape index (κ2) is 4.43. The lowest BCUT2D eigenvalue weighted by Gasteiger charge is -2.13. The lowest BCUT2D eigenvalue weighted by atomic mass is 10.1. The van der Waals surface area contributed by atoms with E-state index in [9.17, 15) is 5.11 Å². The van der Waals surface area contributed by atoms with Gasteiger partial charge in [-0.15, -0.1) is 11.8 Å². The van der Waals surface area contributed by atoms with Crippen molar-refractivity contribution in [2.45, 2.75) is 30.6 Å². The molecule has 0 aromatic heterocycles. The summed E-state index contributed by atoms with van der Waals surface area (Å²) in [7, 11) is 0. The van der Waals surface area contributed by atoms with Crippen molar-refractivity contribution in [2.75, 3.05) is 12.4 Å². The minimum atomic E-state index is -0.737. The molecule has 0 saturated carbocycles. The van der Waals surface area contributed by atoms with Crippen molar-refractivity contribution in [2.24, 2.45) is 5.73 Å². The average molecular weight is 193 g/mol. The summed E-state index contributed by atoms with van der Waals surface area (Å²) >= 11 is 1.55. The van der Waals surface area contributed by atoms with Gasteiger partial charge >= 0.3 is 0 Å². The fourth-order valence-electron chi connectivity index (χ4n) is 1.22. The van der Waals surface area contributed by atoms with Crippen molar-refractivity contribution >= 4 is 11.8 Å². The molecule has 0 aliphatic carbocycles. The summed E-state index contributed by atoms with van der Waals surface area (Å²) in [6.07, 6.45) is -1.25. The number of aliphatic hydroxyl groups excluding tert-OH is 2. The molecule has 4 nitrogen and oxygen atoms in total. The van der Waals surface area contributed by atoms with E-state index in [0.717, 1.165) is 5.75 Å². The number of thioether (sulfide) groups is 1. The fraction of sp³-hybridized carbons (Fsp3) is 1.00. The van der Waals surface area contributed by atoms with Gasteiger partial charge in [-0.3, -0.25) is 0 Å². The van der Waals surface area contributed by atoms with Gasteiger partial charge in [0.05, 0.1) is 12.6 Å². The van der Waals surface area contributed by atoms with Crippen LogP contribution < -0.4 is 5.73 Å². The third kappa shape index (κ3) is 1.92. The van der Waals surface area contributed by atoms with Crippen molar-refractivity contribution in [3.8, 4) is 0 Å². The highest BCUT2D eigenvalue weighted by atomic mass is 32.2. The Balaban J connectivity index is 2.48. The number of hydrogen-bond acceptors (Lipinski definition) is 5. The van der Waals surface area contributed by atoms with E-state index in [4.69, 9.17) is 15.6 Å². The summed E-state index contributed by atoms with van der Waals surface area (Å²) in [5, 5.41) is 18.2. The maximum Gasteiger partial charge on any atom is 0.121 e. The molecule has 5 heteroatoms. The number of ether oxygens (including phenoxy) is 1. The maximum absolute atomic E-state index is 9.43. The molecule has 12 heavy (non-hydrogen) atoms. The lowest BCUT2D eigenvalue weighted by Crippen LogP contribution is -2.40. The van der Waals surface area contributed by atoms with Gasteiger partial charge in [0, 0.05) is 0 Å². The van der Waals surface area contributed by atoms with Crippen molar-refractivity contribution in [3.05, 3.63) is 0 Å². The van der Waals surface area contributed by atoms with Gasteiger partial charge in [-0.1, -0.05) is 6.92 Å². The van der Waals surface area contributed by atoms with Gasteiger partial charge in [-0.05, 0) is 5.75 Å².